The number of aromatic nitrogens is 3. The standard InChI is InChI=1S/C16H15N3/c1-12-7-6-8-13(2)16(12)15-11-19(18-17-15)14-9-4-3-5-10-14/h3-11H,1-2H3. The van der Waals surface area contributed by atoms with Crippen molar-refractivity contribution in [1.82, 2.24) is 15.0 Å². The lowest BCUT2D eigenvalue weighted by Gasteiger charge is -2.05. The lowest BCUT2D eigenvalue weighted by molar-refractivity contribution is 0.804. The van der Waals surface area contributed by atoms with Gasteiger partial charge in [-0.3, -0.25) is 0 Å². The third kappa shape index (κ3) is 2.15. The number of rotatable bonds is 2. The van der Waals surface area contributed by atoms with E-state index in [0.29, 0.717) is 0 Å². The van der Waals surface area contributed by atoms with Gasteiger partial charge in [0.25, 0.3) is 0 Å². The lowest BCUT2D eigenvalue weighted by atomic mass is 10.0. The Labute approximate surface area is 112 Å². The highest BCUT2D eigenvalue weighted by molar-refractivity contribution is 5.66. The van der Waals surface area contributed by atoms with Crippen LogP contribution in [0.3, 0.4) is 0 Å². The first-order valence-electron chi connectivity index (χ1n) is 6.30. The van der Waals surface area contributed by atoms with Crippen LogP contribution in [0.4, 0.5) is 0 Å². The van der Waals surface area contributed by atoms with Crippen LogP contribution in [0.5, 0.6) is 0 Å². The van der Waals surface area contributed by atoms with Crippen molar-refractivity contribution in [2.24, 2.45) is 0 Å². The number of para-hydroxylation sites is 1. The van der Waals surface area contributed by atoms with Gasteiger partial charge in [0.05, 0.1) is 11.9 Å². The number of aryl methyl sites for hydroxylation is 2. The fourth-order valence-corrected chi connectivity index (χ4v) is 2.30. The van der Waals surface area contributed by atoms with Crippen LogP contribution in [-0.2, 0) is 0 Å². The van der Waals surface area contributed by atoms with Crippen molar-refractivity contribution in [3.63, 3.8) is 0 Å². The van der Waals surface area contributed by atoms with Crippen molar-refractivity contribution in [3.05, 3.63) is 65.9 Å². The molecule has 1 aromatic heterocycles. The number of hydrogen-bond acceptors (Lipinski definition) is 2. The van der Waals surface area contributed by atoms with E-state index in [0.717, 1.165) is 11.4 Å². The second-order valence-electron chi connectivity index (χ2n) is 4.65. The van der Waals surface area contributed by atoms with Crippen LogP contribution in [0, 0.1) is 13.8 Å². The smallest absolute Gasteiger partial charge is 0.114 e. The first kappa shape index (κ1) is 11.7. The van der Waals surface area contributed by atoms with Gasteiger partial charge in [-0.2, -0.15) is 0 Å². The topological polar surface area (TPSA) is 30.7 Å². The van der Waals surface area contributed by atoms with Gasteiger partial charge < -0.3 is 0 Å². The number of hydrogen-bond donors (Lipinski definition) is 0. The minimum absolute atomic E-state index is 0.916. The summed E-state index contributed by atoms with van der Waals surface area (Å²) in [5, 5.41) is 8.51. The van der Waals surface area contributed by atoms with Gasteiger partial charge in [0.2, 0.25) is 0 Å². The van der Waals surface area contributed by atoms with Crippen molar-refractivity contribution in [2.75, 3.05) is 0 Å². The van der Waals surface area contributed by atoms with Crippen molar-refractivity contribution in [1.29, 1.82) is 0 Å². The maximum Gasteiger partial charge on any atom is 0.114 e. The average molecular weight is 249 g/mol. The summed E-state index contributed by atoms with van der Waals surface area (Å²) in [5.74, 6) is 0. The average Bonchev–Trinajstić information content (AvgIpc) is 2.89. The van der Waals surface area contributed by atoms with Crippen LogP contribution >= 0.6 is 0 Å². The monoisotopic (exact) mass is 249 g/mol. The summed E-state index contributed by atoms with van der Waals surface area (Å²) < 4.78 is 1.81. The van der Waals surface area contributed by atoms with E-state index in [2.05, 4.69) is 42.4 Å². The molecule has 3 rings (SSSR count). The molecule has 0 aliphatic rings. The zero-order valence-electron chi connectivity index (χ0n) is 11.0. The Bertz CT molecular complexity index is 679. The predicted octanol–water partition coefficient (Wildman–Crippen LogP) is 3.55. The van der Waals surface area contributed by atoms with Crippen LogP contribution in [-0.4, -0.2) is 15.0 Å². The van der Waals surface area contributed by atoms with Gasteiger partial charge in [-0.05, 0) is 37.1 Å². The third-order valence-electron chi connectivity index (χ3n) is 3.25. The summed E-state index contributed by atoms with van der Waals surface area (Å²) in [5.41, 5.74) is 5.55. The van der Waals surface area contributed by atoms with E-state index in [4.69, 9.17) is 0 Å². The molecule has 94 valence electrons. The van der Waals surface area contributed by atoms with Gasteiger partial charge in [0.15, 0.2) is 0 Å². The molecule has 0 amide bonds. The molecule has 3 nitrogen and oxygen atoms in total. The second kappa shape index (κ2) is 4.69. The molecule has 19 heavy (non-hydrogen) atoms. The molecule has 2 aromatic carbocycles. The largest absolute Gasteiger partial charge is 0.220 e. The van der Waals surface area contributed by atoms with Crippen molar-refractivity contribution >= 4 is 0 Å². The van der Waals surface area contributed by atoms with E-state index in [9.17, 15) is 0 Å². The van der Waals surface area contributed by atoms with Crippen LogP contribution in [0.15, 0.2) is 54.7 Å². The molecule has 0 atom stereocenters. The molecule has 1 heterocycles. The second-order valence-corrected chi connectivity index (χ2v) is 4.65. The molecule has 0 radical (unpaired) electrons. The molecule has 0 aliphatic carbocycles. The minimum Gasteiger partial charge on any atom is -0.220 e. The fraction of sp³-hybridized carbons (Fsp3) is 0.125. The molecule has 0 aliphatic heterocycles. The minimum atomic E-state index is 0.916. The van der Waals surface area contributed by atoms with Crippen LogP contribution in [0.2, 0.25) is 0 Å². The lowest BCUT2D eigenvalue weighted by Crippen LogP contribution is -1.93. The SMILES string of the molecule is Cc1cccc(C)c1-c1cn(-c2ccccc2)nn1. The zero-order chi connectivity index (χ0) is 13.2. The van der Waals surface area contributed by atoms with E-state index < -0.39 is 0 Å². The molecule has 0 saturated carbocycles. The van der Waals surface area contributed by atoms with E-state index in [1.807, 2.05) is 36.5 Å². The maximum absolute atomic E-state index is 4.30. The summed E-state index contributed by atoms with van der Waals surface area (Å²) in [6.07, 6.45) is 1.98. The maximum atomic E-state index is 4.30. The molecule has 0 fully saturated rings. The molecular weight excluding hydrogens is 234 g/mol. The Balaban J connectivity index is 2.07. The van der Waals surface area contributed by atoms with Crippen molar-refractivity contribution < 1.29 is 0 Å². The molecule has 3 heteroatoms. The van der Waals surface area contributed by atoms with Gasteiger partial charge in [-0.25, -0.2) is 4.68 Å². The number of benzene rings is 2. The Morgan fingerprint density at radius 3 is 2.21 bits per heavy atom. The molecule has 0 saturated heterocycles. The quantitative estimate of drug-likeness (QED) is 0.695. The van der Waals surface area contributed by atoms with Gasteiger partial charge in [-0.15, -0.1) is 5.10 Å². The van der Waals surface area contributed by atoms with Crippen LogP contribution in [0.1, 0.15) is 11.1 Å². The van der Waals surface area contributed by atoms with Gasteiger partial charge in [0, 0.05) is 5.56 Å². The summed E-state index contributed by atoms with van der Waals surface area (Å²) in [4.78, 5) is 0. The molecule has 0 unspecified atom stereocenters. The summed E-state index contributed by atoms with van der Waals surface area (Å²) in [6.45, 7) is 4.20. The number of nitrogens with zero attached hydrogens (tertiary/aromatic N) is 3. The first-order chi connectivity index (χ1) is 9.25. The highest BCUT2D eigenvalue weighted by atomic mass is 15.4. The Kier molecular flexibility index (Phi) is 2.88. The first-order valence-corrected chi connectivity index (χ1v) is 6.30. The van der Waals surface area contributed by atoms with E-state index >= 15 is 0 Å². The van der Waals surface area contributed by atoms with Gasteiger partial charge in [-0.1, -0.05) is 41.6 Å². The Hall–Kier alpha value is -2.42. The van der Waals surface area contributed by atoms with Crippen molar-refractivity contribution in [3.8, 4) is 16.9 Å². The summed E-state index contributed by atoms with van der Waals surface area (Å²) in [7, 11) is 0. The molecule has 0 spiro atoms. The zero-order valence-corrected chi connectivity index (χ0v) is 11.0. The highest BCUT2D eigenvalue weighted by Gasteiger charge is 2.09. The molecular formula is C16H15N3. The summed E-state index contributed by atoms with van der Waals surface area (Å²) >= 11 is 0. The third-order valence-corrected chi connectivity index (χ3v) is 3.25. The molecule has 0 bridgehead atoms. The van der Waals surface area contributed by atoms with E-state index in [1.54, 1.807) is 4.68 Å². The molecule has 3 aromatic rings. The van der Waals surface area contributed by atoms with Gasteiger partial charge in [0.1, 0.15) is 5.69 Å². The Morgan fingerprint density at radius 2 is 1.53 bits per heavy atom. The molecule has 0 N–H and O–H groups in total. The van der Waals surface area contributed by atoms with E-state index in [1.165, 1.54) is 16.7 Å². The normalized spacial score (nSPS) is 10.6. The summed E-state index contributed by atoms with van der Waals surface area (Å²) in [6, 6.07) is 16.3. The van der Waals surface area contributed by atoms with Crippen molar-refractivity contribution in [2.45, 2.75) is 13.8 Å². The van der Waals surface area contributed by atoms with E-state index in [-0.39, 0.29) is 0 Å². The van der Waals surface area contributed by atoms with Crippen LogP contribution < -0.4 is 0 Å². The highest BCUT2D eigenvalue weighted by Crippen LogP contribution is 2.25. The fourth-order valence-electron chi connectivity index (χ4n) is 2.30. The Morgan fingerprint density at radius 1 is 0.842 bits per heavy atom. The van der Waals surface area contributed by atoms with Gasteiger partial charge >= 0.3 is 0 Å². The van der Waals surface area contributed by atoms with Crippen LogP contribution in [0.25, 0.3) is 16.9 Å². The predicted molar refractivity (Wildman–Crippen MR) is 76.3 cm³/mol.